The smallest absolute Gasteiger partial charge is 0.310 e. The largest absolute Gasteiger partial charge is 0.466 e. The van der Waals surface area contributed by atoms with E-state index < -0.39 is 0 Å². The SMILES string of the molecule is CC(=O)OCC1C2CC3C(OC(=O)C13)C2I. The Kier molecular flexibility index (Phi) is 2.42. The first-order valence-electron chi connectivity index (χ1n) is 5.57. The van der Waals surface area contributed by atoms with E-state index in [1.807, 2.05) is 0 Å². The number of halogens is 1. The highest BCUT2D eigenvalue weighted by molar-refractivity contribution is 14.1. The van der Waals surface area contributed by atoms with Crippen LogP contribution >= 0.6 is 22.6 Å². The van der Waals surface area contributed by atoms with E-state index in [9.17, 15) is 9.59 Å². The van der Waals surface area contributed by atoms with Crippen molar-refractivity contribution >= 4 is 34.5 Å². The molecule has 5 heteroatoms. The fraction of sp³-hybridized carbons (Fsp3) is 0.818. The summed E-state index contributed by atoms with van der Waals surface area (Å²) in [6.07, 6.45) is 1.18. The lowest BCUT2D eigenvalue weighted by Crippen LogP contribution is -2.36. The molecular weight excluding hydrogens is 323 g/mol. The molecule has 88 valence electrons. The lowest BCUT2D eigenvalue weighted by atomic mass is 9.80. The molecule has 16 heavy (non-hydrogen) atoms. The number of esters is 2. The van der Waals surface area contributed by atoms with Crippen LogP contribution in [0.2, 0.25) is 0 Å². The molecule has 6 unspecified atom stereocenters. The maximum Gasteiger partial charge on any atom is 0.310 e. The van der Waals surface area contributed by atoms with Gasteiger partial charge in [-0.1, -0.05) is 22.6 Å². The minimum Gasteiger partial charge on any atom is -0.466 e. The molecule has 3 aliphatic rings. The monoisotopic (exact) mass is 336 g/mol. The summed E-state index contributed by atoms with van der Waals surface area (Å²) in [4.78, 5) is 22.6. The summed E-state index contributed by atoms with van der Waals surface area (Å²) in [7, 11) is 0. The van der Waals surface area contributed by atoms with E-state index in [0.717, 1.165) is 6.42 Å². The molecule has 3 rings (SSSR count). The second-order valence-electron chi connectivity index (χ2n) is 4.90. The first-order chi connectivity index (χ1) is 7.59. The molecule has 2 aliphatic carbocycles. The van der Waals surface area contributed by atoms with Gasteiger partial charge in [-0.15, -0.1) is 0 Å². The van der Waals surface area contributed by atoms with Crippen LogP contribution in [0.25, 0.3) is 0 Å². The van der Waals surface area contributed by atoms with Gasteiger partial charge in [-0.25, -0.2) is 0 Å². The highest BCUT2D eigenvalue weighted by Crippen LogP contribution is 2.59. The number of alkyl halides is 1. The van der Waals surface area contributed by atoms with Crippen LogP contribution in [0.4, 0.5) is 0 Å². The van der Waals surface area contributed by atoms with E-state index in [-0.39, 0.29) is 29.9 Å². The zero-order valence-corrected chi connectivity index (χ0v) is 11.0. The number of ether oxygens (including phenoxy) is 2. The average molecular weight is 336 g/mol. The van der Waals surface area contributed by atoms with E-state index in [1.54, 1.807) is 0 Å². The minimum absolute atomic E-state index is 0.0136. The fourth-order valence-corrected chi connectivity index (χ4v) is 5.07. The van der Waals surface area contributed by atoms with Gasteiger partial charge in [0.1, 0.15) is 6.10 Å². The number of carbonyl (C=O) groups excluding carboxylic acids is 2. The topological polar surface area (TPSA) is 52.6 Å². The van der Waals surface area contributed by atoms with Crippen molar-refractivity contribution in [3.05, 3.63) is 0 Å². The zero-order chi connectivity index (χ0) is 11.4. The predicted molar refractivity (Wildman–Crippen MR) is 62.9 cm³/mol. The molecule has 0 aromatic rings. The number of carbonyl (C=O) groups is 2. The number of hydrogen-bond acceptors (Lipinski definition) is 4. The molecule has 2 bridgehead atoms. The minimum atomic E-state index is -0.268. The third-order valence-corrected chi connectivity index (χ3v) is 5.80. The summed E-state index contributed by atoms with van der Waals surface area (Å²) in [6, 6.07) is 0. The van der Waals surface area contributed by atoms with E-state index in [0.29, 0.717) is 22.4 Å². The lowest BCUT2D eigenvalue weighted by molar-refractivity contribution is -0.148. The Morgan fingerprint density at radius 2 is 2.31 bits per heavy atom. The van der Waals surface area contributed by atoms with Crippen LogP contribution in [-0.2, 0) is 19.1 Å². The van der Waals surface area contributed by atoms with Crippen molar-refractivity contribution in [3.63, 3.8) is 0 Å². The van der Waals surface area contributed by atoms with Crippen LogP contribution in [0.3, 0.4) is 0 Å². The number of rotatable bonds is 2. The van der Waals surface area contributed by atoms with Crippen molar-refractivity contribution in [3.8, 4) is 0 Å². The predicted octanol–water partition coefficient (Wildman–Crippen LogP) is 1.16. The summed E-state index contributed by atoms with van der Waals surface area (Å²) in [5.74, 6) is 0.679. The summed E-state index contributed by atoms with van der Waals surface area (Å²) in [5, 5.41) is 0. The summed E-state index contributed by atoms with van der Waals surface area (Å²) < 4.78 is 10.9. The van der Waals surface area contributed by atoms with E-state index >= 15 is 0 Å². The van der Waals surface area contributed by atoms with Crippen LogP contribution in [0.5, 0.6) is 0 Å². The molecule has 0 radical (unpaired) electrons. The molecule has 0 amide bonds. The van der Waals surface area contributed by atoms with Crippen LogP contribution in [-0.4, -0.2) is 28.6 Å². The van der Waals surface area contributed by atoms with Gasteiger partial charge in [-0.3, -0.25) is 9.59 Å². The first kappa shape index (κ1) is 10.8. The zero-order valence-electron chi connectivity index (χ0n) is 8.89. The fourth-order valence-electron chi connectivity index (χ4n) is 3.56. The average Bonchev–Trinajstić information content (AvgIpc) is 2.79. The second kappa shape index (κ2) is 3.58. The highest BCUT2D eigenvalue weighted by atomic mass is 127. The van der Waals surface area contributed by atoms with Crippen molar-refractivity contribution < 1.29 is 19.1 Å². The molecule has 1 heterocycles. The molecule has 1 saturated heterocycles. The van der Waals surface area contributed by atoms with E-state index in [1.165, 1.54) is 6.92 Å². The summed E-state index contributed by atoms with van der Waals surface area (Å²) in [6.45, 7) is 1.78. The van der Waals surface area contributed by atoms with Crippen molar-refractivity contribution in [1.29, 1.82) is 0 Å². The van der Waals surface area contributed by atoms with E-state index in [4.69, 9.17) is 9.47 Å². The van der Waals surface area contributed by atoms with Crippen LogP contribution in [0, 0.1) is 23.7 Å². The number of fused-ring (bicyclic) bond motifs is 1. The van der Waals surface area contributed by atoms with Gasteiger partial charge in [0.25, 0.3) is 0 Å². The Morgan fingerprint density at radius 3 is 3.00 bits per heavy atom. The van der Waals surface area contributed by atoms with Crippen molar-refractivity contribution in [2.45, 2.75) is 23.4 Å². The highest BCUT2D eigenvalue weighted by Gasteiger charge is 2.65. The summed E-state index contributed by atoms with van der Waals surface area (Å²) in [5.41, 5.74) is 0. The maximum atomic E-state index is 11.7. The normalized spacial score (nSPS) is 48.2. The van der Waals surface area contributed by atoms with Gasteiger partial charge >= 0.3 is 11.9 Å². The van der Waals surface area contributed by atoms with Gasteiger partial charge < -0.3 is 9.47 Å². The molecule has 3 fully saturated rings. The van der Waals surface area contributed by atoms with Crippen molar-refractivity contribution in [2.75, 3.05) is 6.61 Å². The van der Waals surface area contributed by atoms with Crippen LogP contribution < -0.4 is 0 Å². The maximum absolute atomic E-state index is 11.7. The molecule has 0 spiro atoms. The van der Waals surface area contributed by atoms with E-state index in [2.05, 4.69) is 22.6 Å². The van der Waals surface area contributed by atoms with Gasteiger partial charge in [0.2, 0.25) is 0 Å². The summed E-state index contributed by atoms with van der Waals surface area (Å²) >= 11 is 2.38. The van der Waals surface area contributed by atoms with Crippen molar-refractivity contribution in [2.24, 2.45) is 23.7 Å². The quantitative estimate of drug-likeness (QED) is 0.431. The Morgan fingerprint density at radius 1 is 1.56 bits per heavy atom. The van der Waals surface area contributed by atoms with Crippen LogP contribution in [0.1, 0.15) is 13.3 Å². The number of hydrogen-bond donors (Lipinski definition) is 0. The Balaban J connectivity index is 1.80. The molecule has 4 nitrogen and oxygen atoms in total. The van der Waals surface area contributed by atoms with Gasteiger partial charge in [0, 0.05) is 18.8 Å². The molecule has 6 atom stereocenters. The third-order valence-electron chi connectivity index (χ3n) is 4.17. The second-order valence-corrected chi connectivity index (χ2v) is 6.34. The molecule has 2 saturated carbocycles. The van der Waals surface area contributed by atoms with Crippen molar-refractivity contribution in [1.82, 2.24) is 0 Å². The van der Waals surface area contributed by atoms with Gasteiger partial charge in [0.15, 0.2) is 0 Å². The third kappa shape index (κ3) is 1.33. The molecule has 1 aliphatic heterocycles. The Hall–Kier alpha value is -0.330. The Labute approximate surface area is 107 Å². The Bertz CT molecular complexity index is 356. The standard InChI is InChI=1S/C11H13IO4/c1-4(13)15-3-7-5-2-6-8(7)11(14)16-10(6)9(5)12/h5-10H,2-3H2,1H3. The molecule has 0 aromatic carbocycles. The lowest BCUT2D eigenvalue weighted by Gasteiger charge is -2.27. The molecule has 0 N–H and O–H groups in total. The van der Waals surface area contributed by atoms with Gasteiger partial charge in [-0.2, -0.15) is 0 Å². The first-order valence-corrected chi connectivity index (χ1v) is 6.82. The molecule has 0 aromatic heterocycles. The molecular formula is C11H13IO4. The van der Waals surface area contributed by atoms with Gasteiger partial charge in [0.05, 0.1) is 16.4 Å². The van der Waals surface area contributed by atoms with Gasteiger partial charge in [-0.05, 0) is 12.3 Å². The van der Waals surface area contributed by atoms with Crippen LogP contribution in [0.15, 0.2) is 0 Å².